The lowest BCUT2D eigenvalue weighted by Gasteiger charge is -2.33. The first-order valence-electron chi connectivity index (χ1n) is 12.5. The molecule has 3 rings (SSSR count). The maximum atomic E-state index is 14.0. The third kappa shape index (κ3) is 9.08. The summed E-state index contributed by atoms with van der Waals surface area (Å²) in [7, 11) is -3.88. The number of amides is 2. The highest BCUT2D eigenvalue weighted by atomic mass is 79.9. The molecule has 7 nitrogen and oxygen atoms in total. The fourth-order valence-corrected chi connectivity index (χ4v) is 5.43. The molecule has 3 aromatic carbocycles. The standard InChI is InChI=1S/C29H33BrClN3O4S/c1-21(2)18-32-29(36)27(17-22-9-5-4-6-10-22)33(19-23-13-15-24(30)16-14-23)28(35)20-34(39(3,37)38)26-12-8-7-11-25(26)31/h4-16,21,27H,17-20H2,1-3H3,(H,32,36). The number of anilines is 1. The van der Waals surface area contributed by atoms with Crippen molar-refractivity contribution in [3.63, 3.8) is 0 Å². The van der Waals surface area contributed by atoms with Gasteiger partial charge in [-0.2, -0.15) is 0 Å². The summed E-state index contributed by atoms with van der Waals surface area (Å²) in [5.74, 6) is -0.617. The summed E-state index contributed by atoms with van der Waals surface area (Å²) in [6.07, 6.45) is 1.29. The highest BCUT2D eigenvalue weighted by Gasteiger charge is 2.33. The fourth-order valence-electron chi connectivity index (χ4n) is 4.01. The molecule has 0 heterocycles. The average Bonchev–Trinajstić information content (AvgIpc) is 2.89. The van der Waals surface area contributed by atoms with Crippen LogP contribution in [0, 0.1) is 5.92 Å². The molecule has 3 aromatic rings. The predicted molar refractivity (Wildman–Crippen MR) is 160 cm³/mol. The van der Waals surface area contributed by atoms with E-state index in [-0.39, 0.29) is 35.5 Å². The lowest BCUT2D eigenvalue weighted by molar-refractivity contribution is -0.140. The van der Waals surface area contributed by atoms with E-state index in [1.165, 1.54) is 4.90 Å². The quantitative estimate of drug-likeness (QED) is 0.294. The summed E-state index contributed by atoms with van der Waals surface area (Å²) in [6.45, 7) is 4.02. The van der Waals surface area contributed by atoms with Crippen molar-refractivity contribution in [1.29, 1.82) is 0 Å². The second kappa shape index (κ2) is 14.0. The first-order chi connectivity index (χ1) is 18.5. The van der Waals surface area contributed by atoms with E-state index in [0.29, 0.717) is 6.54 Å². The highest BCUT2D eigenvalue weighted by Crippen LogP contribution is 2.28. The SMILES string of the molecule is CC(C)CNC(=O)C(Cc1ccccc1)N(Cc1ccc(Br)cc1)C(=O)CN(c1ccccc1Cl)S(C)(=O)=O. The number of para-hydroxylation sites is 1. The summed E-state index contributed by atoms with van der Waals surface area (Å²) in [4.78, 5) is 29.1. The highest BCUT2D eigenvalue weighted by molar-refractivity contribution is 9.10. The van der Waals surface area contributed by atoms with E-state index in [9.17, 15) is 18.0 Å². The topological polar surface area (TPSA) is 86.8 Å². The zero-order valence-electron chi connectivity index (χ0n) is 22.2. The van der Waals surface area contributed by atoms with Gasteiger partial charge >= 0.3 is 0 Å². The van der Waals surface area contributed by atoms with Crippen LogP contribution in [-0.2, 0) is 32.6 Å². The van der Waals surface area contributed by atoms with Gasteiger partial charge in [0, 0.05) is 24.0 Å². The van der Waals surface area contributed by atoms with Gasteiger partial charge < -0.3 is 10.2 Å². The van der Waals surface area contributed by atoms with E-state index in [4.69, 9.17) is 11.6 Å². The molecule has 0 bridgehead atoms. The second-order valence-electron chi connectivity index (χ2n) is 9.71. The molecule has 10 heteroatoms. The molecule has 0 aliphatic heterocycles. The van der Waals surface area contributed by atoms with Crippen molar-refractivity contribution >= 4 is 55.1 Å². The van der Waals surface area contributed by atoms with Gasteiger partial charge in [-0.15, -0.1) is 0 Å². The predicted octanol–water partition coefficient (Wildman–Crippen LogP) is 5.28. The number of carbonyl (C=O) groups excluding carboxylic acids is 2. The molecule has 0 spiro atoms. The minimum atomic E-state index is -3.88. The van der Waals surface area contributed by atoms with Crippen molar-refractivity contribution in [3.05, 3.63) is 99.5 Å². The van der Waals surface area contributed by atoms with Crippen LogP contribution in [0.5, 0.6) is 0 Å². The number of benzene rings is 3. The summed E-state index contributed by atoms with van der Waals surface area (Å²) in [6, 6.07) is 22.4. The van der Waals surface area contributed by atoms with Crippen molar-refractivity contribution in [2.24, 2.45) is 5.92 Å². The summed E-state index contributed by atoms with van der Waals surface area (Å²) < 4.78 is 27.5. The van der Waals surface area contributed by atoms with Gasteiger partial charge in [-0.3, -0.25) is 13.9 Å². The summed E-state index contributed by atoms with van der Waals surface area (Å²) in [5, 5.41) is 3.16. The van der Waals surface area contributed by atoms with Gasteiger partial charge in [0.15, 0.2) is 0 Å². The maximum absolute atomic E-state index is 14.0. The Balaban J connectivity index is 2.05. The van der Waals surface area contributed by atoms with Gasteiger partial charge in [0.25, 0.3) is 0 Å². The zero-order valence-corrected chi connectivity index (χ0v) is 25.3. The molecule has 0 radical (unpaired) electrons. The Bertz CT molecular complexity index is 1370. The molecular formula is C29H33BrClN3O4S. The van der Waals surface area contributed by atoms with Gasteiger partial charge in [-0.25, -0.2) is 8.42 Å². The molecule has 0 saturated carbocycles. The molecule has 0 saturated heterocycles. The molecule has 0 fully saturated rings. The molecule has 1 atom stereocenters. The zero-order chi connectivity index (χ0) is 28.6. The van der Waals surface area contributed by atoms with Crippen LogP contribution in [-0.4, -0.2) is 50.5 Å². The molecule has 208 valence electrons. The van der Waals surface area contributed by atoms with Gasteiger partial charge in [0.1, 0.15) is 12.6 Å². The van der Waals surface area contributed by atoms with Crippen molar-refractivity contribution in [2.75, 3.05) is 23.7 Å². The molecule has 39 heavy (non-hydrogen) atoms. The smallest absolute Gasteiger partial charge is 0.244 e. The van der Waals surface area contributed by atoms with E-state index >= 15 is 0 Å². The average molecular weight is 635 g/mol. The normalized spacial score (nSPS) is 12.2. The molecule has 0 aliphatic rings. The Labute approximate surface area is 244 Å². The summed E-state index contributed by atoms with van der Waals surface area (Å²) in [5.41, 5.74) is 1.87. The minimum Gasteiger partial charge on any atom is -0.354 e. The van der Waals surface area contributed by atoms with Crippen LogP contribution in [0.2, 0.25) is 5.02 Å². The van der Waals surface area contributed by atoms with Crippen LogP contribution in [0.25, 0.3) is 0 Å². The number of hydrogen-bond acceptors (Lipinski definition) is 4. The Kier molecular flexibility index (Phi) is 11.0. The number of halogens is 2. The maximum Gasteiger partial charge on any atom is 0.244 e. The first-order valence-corrected chi connectivity index (χ1v) is 15.6. The first kappa shape index (κ1) is 30.7. The number of hydrogen-bond donors (Lipinski definition) is 1. The lowest BCUT2D eigenvalue weighted by atomic mass is 10.0. The van der Waals surface area contributed by atoms with Crippen LogP contribution in [0.3, 0.4) is 0 Å². The van der Waals surface area contributed by atoms with Crippen molar-refractivity contribution in [3.8, 4) is 0 Å². The molecule has 1 unspecified atom stereocenters. The second-order valence-corrected chi connectivity index (χ2v) is 12.9. The van der Waals surface area contributed by atoms with Gasteiger partial charge in [-0.05, 0) is 41.3 Å². The van der Waals surface area contributed by atoms with Gasteiger partial charge in [-0.1, -0.05) is 96.0 Å². The number of nitrogens with one attached hydrogen (secondary N) is 1. The van der Waals surface area contributed by atoms with Crippen LogP contribution in [0.4, 0.5) is 5.69 Å². The van der Waals surface area contributed by atoms with E-state index in [2.05, 4.69) is 21.2 Å². The Hall–Kier alpha value is -2.88. The van der Waals surface area contributed by atoms with E-state index in [0.717, 1.165) is 26.2 Å². The van der Waals surface area contributed by atoms with Crippen molar-refractivity contribution < 1.29 is 18.0 Å². The number of sulfonamides is 1. The van der Waals surface area contributed by atoms with Gasteiger partial charge in [0.2, 0.25) is 21.8 Å². The minimum absolute atomic E-state index is 0.110. The monoisotopic (exact) mass is 633 g/mol. The van der Waals surface area contributed by atoms with Crippen LogP contribution < -0.4 is 9.62 Å². The molecular weight excluding hydrogens is 602 g/mol. The van der Waals surface area contributed by atoms with Crippen LogP contribution >= 0.6 is 27.5 Å². The molecule has 0 aliphatic carbocycles. The van der Waals surface area contributed by atoms with Gasteiger partial charge in [0.05, 0.1) is 17.0 Å². The van der Waals surface area contributed by atoms with Crippen molar-refractivity contribution in [1.82, 2.24) is 10.2 Å². The van der Waals surface area contributed by atoms with E-state index < -0.39 is 28.5 Å². The lowest BCUT2D eigenvalue weighted by Crippen LogP contribution is -2.53. The van der Waals surface area contributed by atoms with Crippen LogP contribution in [0.15, 0.2) is 83.3 Å². The largest absolute Gasteiger partial charge is 0.354 e. The Morgan fingerprint density at radius 1 is 0.923 bits per heavy atom. The Morgan fingerprint density at radius 3 is 2.13 bits per heavy atom. The molecule has 1 N–H and O–H groups in total. The number of carbonyl (C=O) groups is 2. The fraction of sp³-hybridized carbons (Fsp3) is 0.310. The molecule has 0 aromatic heterocycles. The number of nitrogens with zero attached hydrogens (tertiary/aromatic N) is 2. The summed E-state index contributed by atoms with van der Waals surface area (Å²) >= 11 is 9.75. The third-order valence-electron chi connectivity index (χ3n) is 6.02. The Morgan fingerprint density at radius 2 is 1.54 bits per heavy atom. The number of rotatable bonds is 12. The third-order valence-corrected chi connectivity index (χ3v) is 8.00. The van der Waals surface area contributed by atoms with E-state index in [1.807, 2.05) is 68.4 Å². The van der Waals surface area contributed by atoms with E-state index in [1.54, 1.807) is 24.3 Å². The van der Waals surface area contributed by atoms with Crippen LogP contribution in [0.1, 0.15) is 25.0 Å². The van der Waals surface area contributed by atoms with Crippen molar-refractivity contribution in [2.45, 2.75) is 32.9 Å². The molecule has 2 amide bonds.